The topological polar surface area (TPSA) is 52.0 Å². The number of nitrogens with one attached hydrogen (secondary N) is 1. The fourth-order valence-electron chi connectivity index (χ4n) is 1.62. The summed E-state index contributed by atoms with van der Waals surface area (Å²) in [6.07, 6.45) is 1.45. The van der Waals surface area contributed by atoms with Crippen molar-refractivity contribution in [2.24, 2.45) is 7.05 Å². The van der Waals surface area contributed by atoms with Gasteiger partial charge in [-0.05, 0) is 29.5 Å². The zero-order valence-corrected chi connectivity index (χ0v) is 12.3. The molecule has 1 aromatic carbocycles. The second kappa shape index (κ2) is 7.37. The van der Waals surface area contributed by atoms with E-state index >= 15 is 0 Å². The van der Waals surface area contributed by atoms with Crippen molar-refractivity contribution in [2.75, 3.05) is 20.3 Å². The van der Waals surface area contributed by atoms with Crippen molar-refractivity contribution < 1.29 is 9.13 Å². The third-order valence-electron chi connectivity index (χ3n) is 2.68. The number of rotatable bonds is 7. The molecule has 20 heavy (non-hydrogen) atoms. The number of aryl methyl sites for hydroxylation is 1. The van der Waals surface area contributed by atoms with Crippen LogP contribution in [0.2, 0.25) is 0 Å². The van der Waals surface area contributed by atoms with E-state index in [1.54, 1.807) is 31.0 Å². The molecule has 0 fully saturated rings. The number of nitrogens with zero attached hydrogens (tertiary/aromatic N) is 3. The number of methoxy groups -OCH3 is 1. The van der Waals surface area contributed by atoms with E-state index in [9.17, 15) is 4.39 Å². The highest BCUT2D eigenvalue weighted by Crippen LogP contribution is 2.28. The third kappa shape index (κ3) is 4.03. The smallest absolute Gasteiger partial charge is 0.190 e. The Morgan fingerprint density at radius 1 is 1.45 bits per heavy atom. The van der Waals surface area contributed by atoms with Crippen LogP contribution in [0.1, 0.15) is 5.56 Å². The molecule has 0 unspecified atom stereocenters. The molecular weight excluding hydrogens is 279 g/mol. The van der Waals surface area contributed by atoms with Gasteiger partial charge < -0.3 is 10.1 Å². The Bertz CT molecular complexity index is 561. The van der Waals surface area contributed by atoms with Crippen LogP contribution < -0.4 is 5.32 Å². The zero-order chi connectivity index (χ0) is 14.4. The zero-order valence-electron chi connectivity index (χ0n) is 11.5. The third-order valence-corrected chi connectivity index (χ3v) is 3.78. The molecule has 0 saturated heterocycles. The molecule has 2 aromatic rings. The summed E-state index contributed by atoms with van der Waals surface area (Å²) in [6.45, 7) is 2.01. The van der Waals surface area contributed by atoms with Crippen LogP contribution in [0.5, 0.6) is 0 Å². The van der Waals surface area contributed by atoms with E-state index in [1.165, 1.54) is 18.1 Å². The first-order chi connectivity index (χ1) is 9.70. The highest BCUT2D eigenvalue weighted by molar-refractivity contribution is 7.99. The van der Waals surface area contributed by atoms with E-state index in [1.807, 2.05) is 6.07 Å². The van der Waals surface area contributed by atoms with Gasteiger partial charge in [-0.3, -0.25) is 0 Å². The van der Waals surface area contributed by atoms with Crippen molar-refractivity contribution in [3.05, 3.63) is 35.9 Å². The normalized spacial score (nSPS) is 10.9. The molecule has 0 aliphatic rings. The van der Waals surface area contributed by atoms with Gasteiger partial charge in [0.1, 0.15) is 12.1 Å². The summed E-state index contributed by atoms with van der Waals surface area (Å²) in [7, 11) is 3.43. The lowest BCUT2D eigenvalue weighted by Gasteiger charge is -2.07. The first kappa shape index (κ1) is 15.0. The average Bonchev–Trinajstić information content (AvgIpc) is 2.83. The Hall–Kier alpha value is -1.44. The van der Waals surface area contributed by atoms with Crippen LogP contribution in [0.4, 0.5) is 4.39 Å². The predicted octanol–water partition coefficient (Wildman–Crippen LogP) is 1.84. The minimum absolute atomic E-state index is 0.246. The molecule has 0 aliphatic heterocycles. The first-order valence-corrected chi connectivity index (χ1v) is 7.02. The summed E-state index contributed by atoms with van der Waals surface area (Å²) in [5.41, 5.74) is 0.904. The predicted molar refractivity (Wildman–Crippen MR) is 75.1 cm³/mol. The molecule has 108 valence electrons. The van der Waals surface area contributed by atoms with Gasteiger partial charge >= 0.3 is 0 Å². The number of benzene rings is 1. The molecule has 0 aliphatic carbocycles. The van der Waals surface area contributed by atoms with Crippen molar-refractivity contribution in [3.8, 4) is 0 Å². The average molecular weight is 296 g/mol. The molecular formula is C13H17FN4OS. The number of halogens is 1. The lowest BCUT2D eigenvalue weighted by Crippen LogP contribution is -2.18. The van der Waals surface area contributed by atoms with Crippen LogP contribution in [0.15, 0.2) is 34.6 Å². The summed E-state index contributed by atoms with van der Waals surface area (Å²) in [5.74, 6) is -0.246. The number of hydrogen-bond donors (Lipinski definition) is 1. The van der Waals surface area contributed by atoms with Gasteiger partial charge in [0.25, 0.3) is 0 Å². The quantitative estimate of drug-likeness (QED) is 0.790. The van der Waals surface area contributed by atoms with E-state index in [2.05, 4.69) is 15.4 Å². The second-order valence-corrected chi connectivity index (χ2v) is 5.21. The maximum absolute atomic E-state index is 14.0. The Morgan fingerprint density at radius 2 is 2.30 bits per heavy atom. The maximum Gasteiger partial charge on any atom is 0.190 e. The Morgan fingerprint density at radius 3 is 2.95 bits per heavy atom. The lowest BCUT2D eigenvalue weighted by molar-refractivity contribution is 0.199. The molecule has 7 heteroatoms. The van der Waals surface area contributed by atoms with Gasteiger partial charge in [0, 0.05) is 27.2 Å². The largest absolute Gasteiger partial charge is 0.383 e. The van der Waals surface area contributed by atoms with Gasteiger partial charge in [0.2, 0.25) is 0 Å². The summed E-state index contributed by atoms with van der Waals surface area (Å²) in [6, 6.07) is 5.21. The van der Waals surface area contributed by atoms with Crippen molar-refractivity contribution >= 4 is 11.8 Å². The van der Waals surface area contributed by atoms with Crippen LogP contribution in [0.25, 0.3) is 0 Å². The molecule has 2 rings (SSSR count). The highest BCUT2D eigenvalue weighted by atomic mass is 32.2. The van der Waals surface area contributed by atoms with Gasteiger partial charge in [-0.15, -0.1) is 0 Å². The Labute approximate surface area is 121 Å². The van der Waals surface area contributed by atoms with Gasteiger partial charge in [0.15, 0.2) is 5.16 Å². The van der Waals surface area contributed by atoms with Gasteiger partial charge in [-0.25, -0.2) is 14.1 Å². The molecule has 5 nitrogen and oxygen atoms in total. The summed E-state index contributed by atoms with van der Waals surface area (Å²) in [5, 5.41) is 7.80. The van der Waals surface area contributed by atoms with Crippen molar-refractivity contribution in [2.45, 2.75) is 16.6 Å². The van der Waals surface area contributed by atoms with Crippen LogP contribution in [0, 0.1) is 5.82 Å². The van der Waals surface area contributed by atoms with Gasteiger partial charge in [-0.2, -0.15) is 5.10 Å². The van der Waals surface area contributed by atoms with Gasteiger partial charge in [-0.1, -0.05) is 6.07 Å². The fraction of sp³-hybridized carbons (Fsp3) is 0.385. The minimum atomic E-state index is -0.246. The molecule has 1 aromatic heterocycles. The van der Waals surface area contributed by atoms with Crippen LogP contribution >= 0.6 is 11.8 Å². The molecule has 0 amide bonds. The monoisotopic (exact) mass is 296 g/mol. The molecule has 0 saturated carbocycles. The van der Waals surface area contributed by atoms with E-state index in [4.69, 9.17) is 4.74 Å². The minimum Gasteiger partial charge on any atom is -0.383 e. The maximum atomic E-state index is 14.0. The van der Waals surface area contributed by atoms with Gasteiger partial charge in [0.05, 0.1) is 11.5 Å². The molecule has 0 bridgehead atoms. The molecule has 0 spiro atoms. The number of aromatic nitrogens is 3. The fourth-order valence-corrected chi connectivity index (χ4v) is 2.39. The molecule has 1 heterocycles. The highest BCUT2D eigenvalue weighted by Gasteiger charge is 2.09. The van der Waals surface area contributed by atoms with E-state index in [0.29, 0.717) is 23.2 Å². The first-order valence-electron chi connectivity index (χ1n) is 6.20. The van der Waals surface area contributed by atoms with Crippen molar-refractivity contribution in [1.29, 1.82) is 0 Å². The lowest BCUT2D eigenvalue weighted by atomic mass is 10.2. The van der Waals surface area contributed by atoms with Crippen molar-refractivity contribution in [3.63, 3.8) is 0 Å². The molecule has 0 radical (unpaired) electrons. The summed E-state index contributed by atoms with van der Waals surface area (Å²) in [4.78, 5) is 4.61. The summed E-state index contributed by atoms with van der Waals surface area (Å²) < 4.78 is 20.6. The molecule has 0 atom stereocenters. The second-order valence-electron chi connectivity index (χ2n) is 4.20. The van der Waals surface area contributed by atoms with Crippen LogP contribution in [-0.2, 0) is 18.3 Å². The Kier molecular flexibility index (Phi) is 5.51. The van der Waals surface area contributed by atoms with Crippen molar-refractivity contribution in [1.82, 2.24) is 20.1 Å². The van der Waals surface area contributed by atoms with Crippen LogP contribution in [0.3, 0.4) is 0 Å². The Balaban J connectivity index is 1.97. The number of hydrogen-bond acceptors (Lipinski definition) is 5. The van der Waals surface area contributed by atoms with E-state index in [-0.39, 0.29) is 5.82 Å². The molecule has 1 N–H and O–H groups in total. The van der Waals surface area contributed by atoms with E-state index < -0.39 is 0 Å². The standard InChI is InChI=1S/C13H17FN4OS/c1-18-13(16-9-17-18)20-12-4-3-10(7-11(12)14)8-15-5-6-19-2/h3-4,7,9,15H,5-6,8H2,1-2H3. The SMILES string of the molecule is COCCNCc1ccc(Sc2ncnn2C)c(F)c1. The number of ether oxygens (including phenoxy) is 1. The summed E-state index contributed by atoms with van der Waals surface area (Å²) >= 11 is 1.26. The van der Waals surface area contributed by atoms with E-state index in [0.717, 1.165) is 12.1 Å². The van der Waals surface area contributed by atoms with Crippen LogP contribution in [-0.4, -0.2) is 35.0 Å².